The third-order valence-electron chi connectivity index (χ3n) is 6.27. The molecule has 3 heterocycles. The van der Waals surface area contributed by atoms with E-state index in [4.69, 9.17) is 26.4 Å². The minimum absolute atomic E-state index is 0.0539. The number of halogens is 1. The molecule has 186 valence electrons. The Kier molecular flexibility index (Phi) is 5.86. The van der Waals surface area contributed by atoms with Crippen molar-refractivity contribution in [3.63, 3.8) is 0 Å². The van der Waals surface area contributed by atoms with Gasteiger partial charge >= 0.3 is 0 Å². The predicted molar refractivity (Wildman–Crippen MR) is 152 cm³/mol. The summed E-state index contributed by atoms with van der Waals surface area (Å²) < 4.78 is 6.32. The molecule has 1 saturated heterocycles. The first-order valence-corrected chi connectivity index (χ1v) is 13.6. The van der Waals surface area contributed by atoms with Gasteiger partial charge in [-0.2, -0.15) is 5.10 Å². The maximum Gasteiger partial charge on any atom is 0.241 e. The van der Waals surface area contributed by atoms with Crippen molar-refractivity contribution in [1.29, 1.82) is 0 Å². The molecule has 7 nitrogen and oxygen atoms in total. The number of thioether (sulfide) groups is 1. The molecule has 1 unspecified atom stereocenters. The number of rotatable bonds is 4. The van der Waals surface area contributed by atoms with Gasteiger partial charge in [-0.3, -0.25) is 4.79 Å². The number of benzene rings is 3. The van der Waals surface area contributed by atoms with Crippen LogP contribution in [0.3, 0.4) is 0 Å². The molecule has 0 radical (unpaired) electrons. The van der Waals surface area contributed by atoms with Crippen molar-refractivity contribution in [1.82, 2.24) is 4.98 Å². The number of aromatic hydroxyl groups is 1. The van der Waals surface area contributed by atoms with Gasteiger partial charge in [0.25, 0.3) is 0 Å². The zero-order valence-corrected chi connectivity index (χ0v) is 22.3. The summed E-state index contributed by atoms with van der Waals surface area (Å²) in [5.41, 5.74) is 3.97. The van der Waals surface area contributed by atoms with E-state index in [1.807, 2.05) is 66.5 Å². The monoisotopic (exact) mass is 548 g/mol. The molecule has 10 heteroatoms. The fourth-order valence-electron chi connectivity index (χ4n) is 4.62. The highest BCUT2D eigenvalue weighted by Gasteiger charge is 2.59. The van der Waals surface area contributed by atoms with Gasteiger partial charge < -0.3 is 9.84 Å². The van der Waals surface area contributed by atoms with Crippen molar-refractivity contribution in [2.45, 2.75) is 11.9 Å². The average molecular weight is 549 g/mol. The predicted octanol–water partition coefficient (Wildman–Crippen LogP) is 6.38. The summed E-state index contributed by atoms with van der Waals surface area (Å²) in [4.78, 5) is 19.2. The quantitative estimate of drug-likeness (QED) is 0.319. The molecular weight excluding hydrogens is 528 g/mol. The van der Waals surface area contributed by atoms with Crippen LogP contribution < -0.4 is 14.6 Å². The van der Waals surface area contributed by atoms with Gasteiger partial charge in [-0.15, -0.1) is 0 Å². The maximum absolute atomic E-state index is 13.6. The number of fused-ring (bicyclic) bond motifs is 1. The van der Waals surface area contributed by atoms with Crippen LogP contribution in [0.15, 0.2) is 77.4 Å². The van der Waals surface area contributed by atoms with Crippen molar-refractivity contribution in [3.8, 4) is 11.5 Å². The zero-order chi connectivity index (χ0) is 25.7. The number of anilines is 2. The fraction of sp³-hybridized carbons (Fsp3) is 0.148. The molecule has 1 fully saturated rings. The van der Waals surface area contributed by atoms with Crippen LogP contribution in [0, 0.1) is 0 Å². The minimum atomic E-state index is -1.02. The first-order valence-electron chi connectivity index (χ1n) is 11.4. The molecule has 1 amide bonds. The summed E-state index contributed by atoms with van der Waals surface area (Å²) in [5.74, 6) is 0.612. The molecule has 1 aromatic heterocycles. The molecule has 4 aromatic rings. The number of para-hydroxylation sites is 1. The summed E-state index contributed by atoms with van der Waals surface area (Å²) in [5, 5.41) is 18.1. The molecular formula is C27H21ClN4O3S2. The number of hydrogen-bond acceptors (Lipinski definition) is 8. The van der Waals surface area contributed by atoms with E-state index in [-0.39, 0.29) is 17.4 Å². The number of nitrogens with zero attached hydrogens (tertiary/aromatic N) is 4. The molecule has 1 spiro atoms. The van der Waals surface area contributed by atoms with E-state index in [9.17, 15) is 9.90 Å². The molecule has 1 atom stereocenters. The number of carbonyl (C=O) groups excluding carboxylic acids is 1. The molecule has 0 saturated carbocycles. The molecule has 37 heavy (non-hydrogen) atoms. The summed E-state index contributed by atoms with van der Waals surface area (Å²) in [6.45, 7) is 1.93. The second-order valence-electron chi connectivity index (χ2n) is 8.56. The standard InChI is InChI=1S/C27H21ClN4O3S2/c1-16-20(12-17-10-11-22(33)23(13-17)35-2)27(32(30-16)19-7-5-6-18(28)14-19)31(25(34)15-36-27)26-29-21-8-3-4-9-24(21)37-26/h3-14,33H,15H2,1-2H3/b20-12+. The molecule has 0 bridgehead atoms. The van der Waals surface area contributed by atoms with Crippen LogP contribution in [0.2, 0.25) is 5.02 Å². The van der Waals surface area contributed by atoms with Crippen LogP contribution in [-0.4, -0.2) is 39.6 Å². The largest absolute Gasteiger partial charge is 0.504 e. The van der Waals surface area contributed by atoms with E-state index in [0.717, 1.165) is 32.8 Å². The summed E-state index contributed by atoms with van der Waals surface area (Å²) >= 11 is 9.34. The highest BCUT2D eigenvalue weighted by molar-refractivity contribution is 8.02. The summed E-state index contributed by atoms with van der Waals surface area (Å²) in [7, 11) is 1.51. The van der Waals surface area contributed by atoms with E-state index in [1.165, 1.54) is 30.2 Å². The van der Waals surface area contributed by atoms with Crippen LogP contribution in [0.5, 0.6) is 11.5 Å². The number of hydrazone groups is 1. The number of phenols is 1. The SMILES string of the molecule is COc1cc(/C=C2\C(C)=NN(c3cccc(Cl)c3)C23SCC(=O)N3c2nc3ccccc3s2)ccc1O. The molecule has 3 aromatic carbocycles. The fourth-order valence-corrected chi connectivity index (χ4v) is 7.29. The number of thiazole rings is 1. The van der Waals surface area contributed by atoms with Crippen molar-refractivity contribution in [2.75, 3.05) is 22.8 Å². The van der Waals surface area contributed by atoms with Crippen molar-refractivity contribution in [2.24, 2.45) is 5.10 Å². The lowest BCUT2D eigenvalue weighted by Crippen LogP contribution is -2.54. The first kappa shape index (κ1) is 23.8. The van der Waals surface area contributed by atoms with Crippen LogP contribution >= 0.6 is 34.7 Å². The molecule has 1 N–H and O–H groups in total. The Hall–Kier alpha value is -3.53. The van der Waals surface area contributed by atoms with Crippen LogP contribution in [0.25, 0.3) is 16.3 Å². The lowest BCUT2D eigenvalue weighted by atomic mass is 10.0. The number of phenolic OH excluding ortho intramolecular Hbond substituents is 1. The Morgan fingerprint density at radius 1 is 1.14 bits per heavy atom. The van der Waals surface area contributed by atoms with Crippen molar-refractivity contribution >= 4 is 73.4 Å². The third kappa shape index (κ3) is 3.85. The van der Waals surface area contributed by atoms with Crippen LogP contribution in [0.1, 0.15) is 12.5 Å². The summed E-state index contributed by atoms with van der Waals surface area (Å²) in [6.07, 6.45) is 1.98. The number of ether oxygens (including phenoxy) is 1. The third-order valence-corrected chi connectivity index (χ3v) is 8.89. The number of carbonyl (C=O) groups is 1. The van der Waals surface area contributed by atoms with Gasteiger partial charge in [0.05, 0.1) is 34.5 Å². The van der Waals surface area contributed by atoms with Crippen LogP contribution in [0.4, 0.5) is 10.8 Å². The van der Waals surface area contributed by atoms with Crippen LogP contribution in [-0.2, 0) is 4.79 Å². The van der Waals surface area contributed by atoms with Gasteiger partial charge in [0.2, 0.25) is 10.9 Å². The first-order chi connectivity index (χ1) is 17.9. The number of hydrogen-bond donors (Lipinski definition) is 1. The lowest BCUT2D eigenvalue weighted by Gasteiger charge is -2.40. The molecule has 6 rings (SSSR count). The number of aromatic nitrogens is 1. The highest BCUT2D eigenvalue weighted by Crippen LogP contribution is 2.54. The molecule has 0 aliphatic carbocycles. The molecule has 2 aliphatic heterocycles. The van der Waals surface area contributed by atoms with Gasteiger partial charge in [-0.05, 0) is 61.0 Å². The lowest BCUT2D eigenvalue weighted by molar-refractivity contribution is -0.116. The van der Waals surface area contributed by atoms with E-state index in [2.05, 4.69) is 0 Å². The average Bonchev–Trinajstić information content (AvgIpc) is 3.54. The molecule has 2 aliphatic rings. The topological polar surface area (TPSA) is 78.3 Å². The Morgan fingerprint density at radius 2 is 1.97 bits per heavy atom. The van der Waals surface area contributed by atoms with E-state index >= 15 is 0 Å². The van der Waals surface area contributed by atoms with Gasteiger partial charge in [-0.1, -0.05) is 59.0 Å². The Balaban J connectivity index is 1.58. The van der Waals surface area contributed by atoms with Gasteiger partial charge in [0.15, 0.2) is 16.6 Å². The zero-order valence-electron chi connectivity index (χ0n) is 19.9. The number of methoxy groups -OCH3 is 1. The van der Waals surface area contributed by atoms with Crippen molar-refractivity contribution < 1.29 is 14.6 Å². The Bertz CT molecular complexity index is 1590. The smallest absolute Gasteiger partial charge is 0.241 e. The minimum Gasteiger partial charge on any atom is -0.504 e. The van der Waals surface area contributed by atoms with E-state index < -0.39 is 4.99 Å². The Labute approximate surface area is 226 Å². The summed E-state index contributed by atoms with van der Waals surface area (Å²) in [6, 6.07) is 20.4. The normalized spacial score (nSPS) is 20.5. The highest BCUT2D eigenvalue weighted by atomic mass is 35.5. The van der Waals surface area contributed by atoms with Gasteiger partial charge in [0, 0.05) is 10.6 Å². The number of amides is 1. The van der Waals surface area contributed by atoms with E-state index in [0.29, 0.717) is 15.9 Å². The maximum atomic E-state index is 13.6. The van der Waals surface area contributed by atoms with E-state index in [1.54, 1.807) is 23.1 Å². The second-order valence-corrected chi connectivity index (χ2v) is 11.1. The van der Waals surface area contributed by atoms with Gasteiger partial charge in [0.1, 0.15) is 0 Å². The van der Waals surface area contributed by atoms with Gasteiger partial charge in [-0.25, -0.2) is 14.9 Å². The Morgan fingerprint density at radius 3 is 2.76 bits per heavy atom. The second kappa shape index (κ2) is 9.09. The van der Waals surface area contributed by atoms with Crippen molar-refractivity contribution in [3.05, 3.63) is 82.9 Å².